The van der Waals surface area contributed by atoms with Crippen molar-refractivity contribution in [2.75, 3.05) is 20.8 Å². The molecule has 0 bridgehead atoms. The quantitative estimate of drug-likeness (QED) is 0.431. The van der Waals surface area contributed by atoms with E-state index < -0.39 is 41.3 Å². The van der Waals surface area contributed by atoms with Gasteiger partial charge in [-0.25, -0.2) is 0 Å². The van der Waals surface area contributed by atoms with E-state index in [-0.39, 0.29) is 24.7 Å². The Balaban J connectivity index is 1.88. The zero-order chi connectivity index (χ0) is 23.7. The summed E-state index contributed by atoms with van der Waals surface area (Å²) in [6, 6.07) is 6.47. The van der Waals surface area contributed by atoms with Crippen molar-refractivity contribution in [1.29, 1.82) is 0 Å². The average molecular weight is 462 g/mol. The van der Waals surface area contributed by atoms with Crippen LogP contribution >= 0.6 is 0 Å². The Morgan fingerprint density at radius 3 is 1.97 bits per heavy atom. The number of halogens is 6. The monoisotopic (exact) mass is 462 g/mol. The van der Waals surface area contributed by atoms with Crippen molar-refractivity contribution in [3.05, 3.63) is 58.7 Å². The molecule has 1 aliphatic heterocycles. The first kappa shape index (κ1) is 23.7. The van der Waals surface area contributed by atoms with Crippen LogP contribution in [0.4, 0.5) is 26.3 Å². The molecular formula is C22H20F6O4. The highest BCUT2D eigenvalue weighted by molar-refractivity contribution is 5.75. The molecule has 2 aromatic carbocycles. The first-order valence-electron chi connectivity index (χ1n) is 9.58. The van der Waals surface area contributed by atoms with Gasteiger partial charge in [-0.2, -0.15) is 26.3 Å². The molecule has 174 valence electrons. The molecule has 2 atom stereocenters. The van der Waals surface area contributed by atoms with Crippen molar-refractivity contribution < 1.29 is 45.3 Å². The van der Waals surface area contributed by atoms with E-state index in [0.29, 0.717) is 30.1 Å². The first-order valence-corrected chi connectivity index (χ1v) is 9.58. The summed E-state index contributed by atoms with van der Waals surface area (Å²) in [4.78, 5) is 12.3. The van der Waals surface area contributed by atoms with E-state index in [1.165, 1.54) is 14.2 Å². The highest BCUT2D eigenvalue weighted by Gasteiger charge is 2.40. The topological polar surface area (TPSA) is 44.8 Å². The highest BCUT2D eigenvalue weighted by Crippen LogP contribution is 2.38. The van der Waals surface area contributed by atoms with Crippen molar-refractivity contribution in [3.8, 4) is 11.5 Å². The lowest BCUT2D eigenvalue weighted by Crippen LogP contribution is -2.21. The van der Waals surface area contributed by atoms with Gasteiger partial charge in [0.15, 0.2) is 11.5 Å². The maximum absolute atomic E-state index is 13.1. The molecule has 4 nitrogen and oxygen atoms in total. The molecule has 0 saturated carbocycles. The van der Waals surface area contributed by atoms with Crippen LogP contribution < -0.4 is 9.47 Å². The number of esters is 1. The minimum absolute atomic E-state index is 0.0168. The highest BCUT2D eigenvalue weighted by atomic mass is 19.4. The number of rotatable bonds is 6. The minimum Gasteiger partial charge on any atom is -0.493 e. The Morgan fingerprint density at radius 2 is 1.44 bits per heavy atom. The van der Waals surface area contributed by atoms with Gasteiger partial charge in [-0.15, -0.1) is 0 Å². The molecule has 0 aromatic heterocycles. The number of methoxy groups -OCH3 is 2. The van der Waals surface area contributed by atoms with Gasteiger partial charge >= 0.3 is 18.3 Å². The molecule has 1 aliphatic rings. The van der Waals surface area contributed by atoms with Gasteiger partial charge in [0.05, 0.1) is 37.9 Å². The summed E-state index contributed by atoms with van der Waals surface area (Å²) >= 11 is 0. The van der Waals surface area contributed by atoms with E-state index in [9.17, 15) is 31.1 Å². The Morgan fingerprint density at radius 1 is 0.844 bits per heavy atom. The number of hydrogen-bond donors (Lipinski definition) is 0. The van der Waals surface area contributed by atoms with Crippen molar-refractivity contribution in [2.24, 2.45) is 11.8 Å². The third kappa shape index (κ3) is 5.28. The molecule has 10 heteroatoms. The number of alkyl halides is 6. The van der Waals surface area contributed by atoms with Gasteiger partial charge in [-0.05, 0) is 54.3 Å². The summed E-state index contributed by atoms with van der Waals surface area (Å²) < 4.78 is 94.3. The third-order valence-electron chi connectivity index (χ3n) is 5.36. The maximum atomic E-state index is 13.1. The van der Waals surface area contributed by atoms with Gasteiger partial charge in [0.25, 0.3) is 0 Å². The van der Waals surface area contributed by atoms with Crippen molar-refractivity contribution in [3.63, 3.8) is 0 Å². The van der Waals surface area contributed by atoms with Crippen molar-refractivity contribution in [2.45, 2.75) is 25.2 Å². The van der Waals surface area contributed by atoms with Crippen LogP contribution in [0.15, 0.2) is 36.4 Å². The van der Waals surface area contributed by atoms with Gasteiger partial charge in [0.2, 0.25) is 0 Å². The molecule has 0 radical (unpaired) electrons. The molecule has 0 amide bonds. The van der Waals surface area contributed by atoms with Gasteiger partial charge in [0, 0.05) is 5.92 Å². The fourth-order valence-corrected chi connectivity index (χ4v) is 3.76. The number of cyclic esters (lactones) is 1. The Kier molecular flexibility index (Phi) is 6.61. The minimum atomic E-state index is -4.95. The zero-order valence-electron chi connectivity index (χ0n) is 17.1. The van der Waals surface area contributed by atoms with Crippen molar-refractivity contribution >= 4 is 5.97 Å². The second kappa shape index (κ2) is 8.91. The van der Waals surface area contributed by atoms with E-state index >= 15 is 0 Å². The summed E-state index contributed by atoms with van der Waals surface area (Å²) in [5, 5.41) is 0. The molecule has 0 N–H and O–H groups in total. The molecule has 3 rings (SSSR count). The maximum Gasteiger partial charge on any atom is 0.416 e. The zero-order valence-corrected chi connectivity index (χ0v) is 17.1. The molecule has 0 aliphatic carbocycles. The van der Waals surface area contributed by atoms with Gasteiger partial charge < -0.3 is 14.2 Å². The molecule has 0 spiro atoms. The third-order valence-corrected chi connectivity index (χ3v) is 5.36. The van der Waals surface area contributed by atoms with Crippen LogP contribution in [-0.4, -0.2) is 26.8 Å². The number of hydrogen-bond acceptors (Lipinski definition) is 4. The fraction of sp³-hybridized carbons (Fsp3) is 0.409. The molecule has 2 aromatic rings. The molecule has 1 heterocycles. The Bertz CT molecular complexity index is 951. The lowest BCUT2D eigenvalue weighted by Gasteiger charge is -2.18. The van der Waals surface area contributed by atoms with E-state index in [2.05, 4.69) is 0 Å². The average Bonchev–Trinajstić information content (AvgIpc) is 3.05. The van der Waals surface area contributed by atoms with Crippen LogP contribution in [0.5, 0.6) is 11.5 Å². The largest absolute Gasteiger partial charge is 0.493 e. The lowest BCUT2D eigenvalue weighted by molar-refractivity contribution is -0.143. The first-order chi connectivity index (χ1) is 14.9. The van der Waals surface area contributed by atoms with Crippen LogP contribution in [0, 0.1) is 11.8 Å². The van der Waals surface area contributed by atoms with E-state index in [1.807, 2.05) is 0 Å². The number of benzene rings is 2. The number of carbonyl (C=O) groups is 1. The number of ether oxygens (including phenoxy) is 3. The van der Waals surface area contributed by atoms with E-state index in [1.54, 1.807) is 18.2 Å². The van der Waals surface area contributed by atoms with E-state index in [0.717, 1.165) is 5.56 Å². The summed E-state index contributed by atoms with van der Waals surface area (Å²) in [5.74, 6) is -1.01. The molecule has 2 unspecified atom stereocenters. The van der Waals surface area contributed by atoms with Crippen LogP contribution in [0.1, 0.15) is 22.3 Å². The molecule has 1 fully saturated rings. The standard InChI is InChI=1S/C22H20F6O4/c1-30-18-4-3-12(9-19(18)31-2)5-14-11-32-20(29)17(14)8-13-6-15(21(23,24)25)10-16(7-13)22(26,27)28/h3-4,6-7,9-10,14,17H,5,8,11H2,1-2H3. The molecule has 32 heavy (non-hydrogen) atoms. The molecular weight excluding hydrogens is 442 g/mol. The van der Waals surface area contributed by atoms with Crippen molar-refractivity contribution in [1.82, 2.24) is 0 Å². The lowest BCUT2D eigenvalue weighted by atomic mass is 9.84. The van der Waals surface area contributed by atoms with E-state index in [4.69, 9.17) is 14.2 Å². The van der Waals surface area contributed by atoms with Gasteiger partial charge in [-0.3, -0.25) is 4.79 Å². The molecule has 1 saturated heterocycles. The normalized spacial score (nSPS) is 19.1. The second-order valence-corrected chi connectivity index (χ2v) is 7.51. The summed E-state index contributed by atoms with van der Waals surface area (Å²) in [7, 11) is 2.93. The second-order valence-electron chi connectivity index (χ2n) is 7.51. The van der Waals surface area contributed by atoms with Gasteiger partial charge in [-0.1, -0.05) is 6.07 Å². The predicted molar refractivity (Wildman–Crippen MR) is 101 cm³/mol. The Labute approximate surface area is 180 Å². The summed E-state index contributed by atoms with van der Waals surface area (Å²) in [6.07, 6.45) is -9.89. The smallest absolute Gasteiger partial charge is 0.416 e. The van der Waals surface area contributed by atoms with Crippen LogP contribution in [-0.2, 0) is 34.7 Å². The SMILES string of the molecule is COc1ccc(CC2COC(=O)C2Cc2cc(C(F)(F)F)cc(C(F)(F)F)c2)cc1OC. The van der Waals surface area contributed by atoms with Crippen LogP contribution in [0.3, 0.4) is 0 Å². The Hall–Kier alpha value is -2.91. The van der Waals surface area contributed by atoms with Gasteiger partial charge in [0.1, 0.15) is 0 Å². The fourth-order valence-electron chi connectivity index (χ4n) is 3.76. The summed E-state index contributed by atoms with van der Waals surface area (Å²) in [5.41, 5.74) is -2.29. The predicted octanol–water partition coefficient (Wildman–Crippen LogP) is 5.32. The van der Waals surface area contributed by atoms with Crippen LogP contribution in [0.2, 0.25) is 0 Å². The summed E-state index contributed by atoms with van der Waals surface area (Å²) in [6.45, 7) is 0.0168. The van der Waals surface area contributed by atoms with Crippen LogP contribution in [0.25, 0.3) is 0 Å². The number of carbonyl (C=O) groups excluding carboxylic acids is 1.